The molecule has 0 saturated carbocycles. The highest BCUT2D eigenvalue weighted by Gasteiger charge is 2.33. The number of fused-ring (bicyclic) bond motifs is 2. The Kier molecular flexibility index (Phi) is 2.66. The van der Waals surface area contributed by atoms with Crippen molar-refractivity contribution in [2.45, 2.75) is 57.2 Å². The molecule has 0 amide bonds. The molecule has 0 radical (unpaired) electrons. The molecule has 2 heteroatoms. The normalized spacial score (nSPS) is 40.2. The zero-order valence-corrected chi connectivity index (χ0v) is 7.88. The predicted octanol–water partition coefficient (Wildman–Crippen LogP) is 1.70. The van der Waals surface area contributed by atoms with Crippen LogP contribution in [0, 0.1) is 0 Å². The maximum absolute atomic E-state index is 5.77. The summed E-state index contributed by atoms with van der Waals surface area (Å²) in [6, 6.07) is 1.54. The minimum Gasteiger partial charge on any atom is -0.378 e. The highest BCUT2D eigenvalue weighted by molar-refractivity contribution is 4.92. The number of rotatable bonds is 3. The van der Waals surface area contributed by atoms with E-state index in [1.54, 1.807) is 0 Å². The lowest BCUT2D eigenvalue weighted by Gasteiger charge is -2.28. The van der Waals surface area contributed by atoms with E-state index in [4.69, 9.17) is 4.74 Å². The molecule has 1 N–H and O–H groups in total. The van der Waals surface area contributed by atoms with Crippen LogP contribution >= 0.6 is 0 Å². The van der Waals surface area contributed by atoms with E-state index in [0.29, 0.717) is 6.10 Å². The Bertz CT molecular complexity index is 137. The Morgan fingerprint density at radius 1 is 1.25 bits per heavy atom. The second-order valence-electron chi connectivity index (χ2n) is 4.10. The molecule has 2 fully saturated rings. The van der Waals surface area contributed by atoms with E-state index in [1.165, 1.54) is 25.7 Å². The van der Waals surface area contributed by atoms with Crippen LogP contribution in [0.1, 0.15) is 39.0 Å². The van der Waals surface area contributed by atoms with Crippen LogP contribution < -0.4 is 5.32 Å². The first kappa shape index (κ1) is 8.52. The van der Waals surface area contributed by atoms with Gasteiger partial charge in [-0.3, -0.25) is 0 Å². The molecule has 0 aromatic carbocycles. The Labute approximate surface area is 74.7 Å². The lowest BCUT2D eigenvalue weighted by Crippen LogP contribution is -2.41. The fraction of sp³-hybridized carbons (Fsp3) is 1.00. The van der Waals surface area contributed by atoms with Gasteiger partial charge in [0.05, 0.1) is 6.10 Å². The number of hydrogen-bond donors (Lipinski definition) is 1. The topological polar surface area (TPSA) is 21.3 Å². The van der Waals surface area contributed by atoms with Gasteiger partial charge in [0.1, 0.15) is 0 Å². The molecule has 3 atom stereocenters. The van der Waals surface area contributed by atoms with Crippen molar-refractivity contribution in [3.05, 3.63) is 0 Å². The summed E-state index contributed by atoms with van der Waals surface area (Å²) in [6.07, 6.45) is 6.95. The van der Waals surface area contributed by atoms with Crippen molar-refractivity contribution in [3.8, 4) is 0 Å². The molecule has 2 aliphatic rings. The van der Waals surface area contributed by atoms with Crippen molar-refractivity contribution in [3.63, 3.8) is 0 Å². The van der Waals surface area contributed by atoms with E-state index in [-0.39, 0.29) is 0 Å². The minimum absolute atomic E-state index is 0.559. The molecule has 0 aromatic heterocycles. The smallest absolute Gasteiger partial charge is 0.0604 e. The van der Waals surface area contributed by atoms with E-state index in [1.807, 2.05) is 0 Å². The van der Waals surface area contributed by atoms with Crippen LogP contribution in [0.4, 0.5) is 0 Å². The minimum atomic E-state index is 0.559. The SMILES string of the molecule is CCCO[C@@H]1C[C@H]2CC[C@@H](C1)N2. The molecule has 2 aliphatic heterocycles. The molecular weight excluding hydrogens is 150 g/mol. The molecule has 2 heterocycles. The van der Waals surface area contributed by atoms with Crippen LogP contribution in [0.2, 0.25) is 0 Å². The molecule has 0 aromatic rings. The van der Waals surface area contributed by atoms with Gasteiger partial charge in [0.15, 0.2) is 0 Å². The summed E-state index contributed by atoms with van der Waals surface area (Å²) < 4.78 is 5.77. The molecule has 12 heavy (non-hydrogen) atoms. The third kappa shape index (κ3) is 1.80. The second kappa shape index (κ2) is 3.75. The number of ether oxygens (including phenoxy) is 1. The summed E-state index contributed by atoms with van der Waals surface area (Å²) in [5, 5.41) is 3.62. The molecule has 2 saturated heterocycles. The fourth-order valence-corrected chi connectivity index (χ4v) is 2.43. The molecule has 2 bridgehead atoms. The maximum atomic E-state index is 5.77. The molecule has 2 rings (SSSR count). The lowest BCUT2D eigenvalue weighted by molar-refractivity contribution is 0.0207. The van der Waals surface area contributed by atoms with Crippen LogP contribution in [0.3, 0.4) is 0 Å². The van der Waals surface area contributed by atoms with E-state index in [0.717, 1.165) is 25.1 Å². The lowest BCUT2D eigenvalue weighted by atomic mass is 10.0. The van der Waals surface area contributed by atoms with Gasteiger partial charge in [-0.15, -0.1) is 0 Å². The van der Waals surface area contributed by atoms with Crippen molar-refractivity contribution >= 4 is 0 Å². The Balaban J connectivity index is 1.78. The van der Waals surface area contributed by atoms with Crippen LogP contribution in [0.15, 0.2) is 0 Å². The van der Waals surface area contributed by atoms with Crippen molar-refractivity contribution in [1.29, 1.82) is 0 Å². The van der Waals surface area contributed by atoms with Gasteiger partial charge in [-0.25, -0.2) is 0 Å². The Morgan fingerprint density at radius 2 is 1.92 bits per heavy atom. The molecule has 70 valence electrons. The average Bonchev–Trinajstić information content (AvgIpc) is 2.42. The van der Waals surface area contributed by atoms with E-state index < -0.39 is 0 Å². The summed E-state index contributed by atoms with van der Waals surface area (Å²) in [7, 11) is 0. The Morgan fingerprint density at radius 3 is 2.50 bits per heavy atom. The van der Waals surface area contributed by atoms with Crippen LogP contribution in [-0.2, 0) is 4.74 Å². The third-order valence-electron chi connectivity index (χ3n) is 2.99. The van der Waals surface area contributed by atoms with Crippen molar-refractivity contribution in [2.75, 3.05) is 6.61 Å². The first-order valence-electron chi connectivity index (χ1n) is 5.26. The summed E-state index contributed by atoms with van der Waals surface area (Å²) in [5.41, 5.74) is 0. The zero-order chi connectivity index (χ0) is 8.39. The second-order valence-corrected chi connectivity index (χ2v) is 4.10. The highest BCUT2D eigenvalue weighted by Crippen LogP contribution is 2.28. The number of piperidine rings is 1. The highest BCUT2D eigenvalue weighted by atomic mass is 16.5. The van der Waals surface area contributed by atoms with Gasteiger partial charge in [-0.2, -0.15) is 0 Å². The van der Waals surface area contributed by atoms with Crippen molar-refractivity contribution in [2.24, 2.45) is 0 Å². The molecule has 0 spiro atoms. The quantitative estimate of drug-likeness (QED) is 0.694. The molecule has 0 aliphatic carbocycles. The zero-order valence-electron chi connectivity index (χ0n) is 7.88. The average molecular weight is 169 g/mol. The van der Waals surface area contributed by atoms with Crippen LogP contribution in [0.25, 0.3) is 0 Å². The standard InChI is InChI=1S/C10H19NO/c1-2-5-12-10-6-8-3-4-9(7-10)11-8/h8-11H,2-7H2,1H3/t8-,9+,10-. The van der Waals surface area contributed by atoms with E-state index >= 15 is 0 Å². The summed E-state index contributed by atoms with van der Waals surface area (Å²) in [5.74, 6) is 0. The van der Waals surface area contributed by atoms with Crippen LogP contribution in [-0.4, -0.2) is 24.8 Å². The van der Waals surface area contributed by atoms with Gasteiger partial charge in [0.2, 0.25) is 0 Å². The van der Waals surface area contributed by atoms with Gasteiger partial charge in [-0.05, 0) is 32.1 Å². The van der Waals surface area contributed by atoms with E-state index in [9.17, 15) is 0 Å². The van der Waals surface area contributed by atoms with Gasteiger partial charge in [0, 0.05) is 18.7 Å². The summed E-state index contributed by atoms with van der Waals surface area (Å²) >= 11 is 0. The van der Waals surface area contributed by atoms with Crippen molar-refractivity contribution < 1.29 is 4.74 Å². The van der Waals surface area contributed by atoms with Gasteiger partial charge < -0.3 is 10.1 Å². The fourth-order valence-electron chi connectivity index (χ4n) is 2.43. The number of hydrogen-bond acceptors (Lipinski definition) is 2. The predicted molar refractivity (Wildman–Crippen MR) is 49.2 cm³/mol. The van der Waals surface area contributed by atoms with Gasteiger partial charge in [-0.1, -0.05) is 6.92 Å². The molecule has 0 unspecified atom stereocenters. The van der Waals surface area contributed by atoms with Gasteiger partial charge >= 0.3 is 0 Å². The van der Waals surface area contributed by atoms with E-state index in [2.05, 4.69) is 12.2 Å². The first-order chi connectivity index (χ1) is 5.88. The Hall–Kier alpha value is -0.0800. The van der Waals surface area contributed by atoms with Gasteiger partial charge in [0.25, 0.3) is 0 Å². The maximum Gasteiger partial charge on any atom is 0.0604 e. The van der Waals surface area contributed by atoms with Crippen LogP contribution in [0.5, 0.6) is 0 Å². The summed E-state index contributed by atoms with van der Waals surface area (Å²) in [6.45, 7) is 3.12. The largest absolute Gasteiger partial charge is 0.378 e. The third-order valence-corrected chi connectivity index (χ3v) is 2.99. The molecule has 2 nitrogen and oxygen atoms in total. The first-order valence-corrected chi connectivity index (χ1v) is 5.26. The monoisotopic (exact) mass is 169 g/mol. The van der Waals surface area contributed by atoms with Crippen molar-refractivity contribution in [1.82, 2.24) is 5.32 Å². The number of nitrogens with one attached hydrogen (secondary N) is 1. The summed E-state index contributed by atoms with van der Waals surface area (Å²) in [4.78, 5) is 0. The molecular formula is C10H19NO.